The minimum atomic E-state index is -0.408. The van der Waals surface area contributed by atoms with E-state index in [4.69, 9.17) is 23.0 Å². The van der Waals surface area contributed by atoms with Gasteiger partial charge in [0.25, 0.3) is 0 Å². The average molecular weight is 583 g/mol. The van der Waals surface area contributed by atoms with Crippen molar-refractivity contribution in [3.63, 3.8) is 0 Å². The lowest BCUT2D eigenvalue weighted by Gasteiger charge is -2.32. The number of rotatable bonds is 18. The first-order valence-corrected chi connectivity index (χ1v) is 14.9. The molecule has 0 radical (unpaired) electrons. The van der Waals surface area contributed by atoms with Crippen LogP contribution in [0, 0.1) is 0 Å². The number of unbranched alkanes of at least 4 members (excludes halogenated alkanes) is 1. The molecule has 0 spiro atoms. The Balaban J connectivity index is 1.63. The predicted octanol–water partition coefficient (Wildman–Crippen LogP) is 8.14. The summed E-state index contributed by atoms with van der Waals surface area (Å²) in [6, 6.07) is 10.8. The molecule has 0 saturated carbocycles. The normalized spacial score (nSPS) is 11.8. The maximum atomic E-state index is 12.3. The molecule has 2 heterocycles. The molecule has 42 heavy (non-hydrogen) atoms. The Bertz CT molecular complexity index is 1240. The number of benzene rings is 1. The topological polar surface area (TPSA) is 108 Å². The van der Waals surface area contributed by atoms with Crippen LogP contribution in [0.5, 0.6) is 11.5 Å². The minimum absolute atomic E-state index is 0.123. The summed E-state index contributed by atoms with van der Waals surface area (Å²) in [6.07, 6.45) is 8.20. The van der Waals surface area contributed by atoms with Crippen molar-refractivity contribution in [1.29, 1.82) is 0 Å². The van der Waals surface area contributed by atoms with Gasteiger partial charge in [-0.3, -0.25) is 9.59 Å². The monoisotopic (exact) mass is 582 g/mol. The van der Waals surface area contributed by atoms with Gasteiger partial charge in [-0.25, -0.2) is 0 Å². The smallest absolute Gasteiger partial charge is 0.306 e. The summed E-state index contributed by atoms with van der Waals surface area (Å²) in [4.78, 5) is 24.5. The fourth-order valence-electron chi connectivity index (χ4n) is 4.94. The fraction of sp³-hybridized carbons (Fsp3) is 0.529. The first-order chi connectivity index (χ1) is 20.0. The number of ether oxygens (including phenoxy) is 3. The Morgan fingerprint density at radius 2 is 1.31 bits per heavy atom. The van der Waals surface area contributed by atoms with Crippen molar-refractivity contribution in [2.24, 2.45) is 0 Å². The maximum absolute atomic E-state index is 12.3. The van der Waals surface area contributed by atoms with Gasteiger partial charge >= 0.3 is 11.9 Å². The van der Waals surface area contributed by atoms with Gasteiger partial charge in [0.15, 0.2) is 0 Å². The van der Waals surface area contributed by atoms with Gasteiger partial charge in [-0.05, 0) is 79.3 Å². The minimum Gasteiger partial charge on any atom is -0.508 e. The molecule has 0 saturated heterocycles. The number of carbonyl (C=O) groups excluding carboxylic acids is 2. The van der Waals surface area contributed by atoms with Gasteiger partial charge in [0.1, 0.15) is 36.2 Å². The van der Waals surface area contributed by atoms with Crippen LogP contribution < -0.4 is 4.74 Å². The van der Waals surface area contributed by atoms with Crippen LogP contribution in [0.2, 0.25) is 0 Å². The summed E-state index contributed by atoms with van der Waals surface area (Å²) in [5.74, 6) is 1.61. The van der Waals surface area contributed by atoms with Crippen LogP contribution in [0.25, 0.3) is 0 Å². The van der Waals surface area contributed by atoms with E-state index in [0.717, 1.165) is 29.7 Å². The number of furan rings is 2. The SMILES string of the molecule is CCCCOc1cc(C(C)(C)CCCC(=O)OCc2ccco2)c(O)cc1C(C)(C)CCCC(=O)OCc1ccco1. The first-order valence-electron chi connectivity index (χ1n) is 14.9. The highest BCUT2D eigenvalue weighted by molar-refractivity contribution is 5.69. The summed E-state index contributed by atoms with van der Waals surface area (Å²) >= 11 is 0. The van der Waals surface area contributed by atoms with Crippen LogP contribution in [-0.4, -0.2) is 23.7 Å². The zero-order valence-corrected chi connectivity index (χ0v) is 25.7. The van der Waals surface area contributed by atoms with Crippen molar-refractivity contribution in [3.05, 3.63) is 71.6 Å². The molecule has 0 amide bonds. The highest BCUT2D eigenvalue weighted by Gasteiger charge is 2.31. The molecule has 1 aromatic carbocycles. The van der Waals surface area contributed by atoms with E-state index < -0.39 is 5.41 Å². The van der Waals surface area contributed by atoms with Gasteiger partial charge in [0.2, 0.25) is 0 Å². The largest absolute Gasteiger partial charge is 0.508 e. The van der Waals surface area contributed by atoms with Gasteiger partial charge < -0.3 is 28.2 Å². The van der Waals surface area contributed by atoms with Crippen molar-refractivity contribution >= 4 is 11.9 Å². The summed E-state index contributed by atoms with van der Waals surface area (Å²) in [5, 5.41) is 11.2. The van der Waals surface area contributed by atoms with Crippen LogP contribution in [-0.2, 0) is 43.1 Å². The highest BCUT2D eigenvalue weighted by Crippen LogP contribution is 2.44. The van der Waals surface area contributed by atoms with E-state index in [1.807, 2.05) is 12.1 Å². The Morgan fingerprint density at radius 3 is 1.79 bits per heavy atom. The van der Waals surface area contributed by atoms with E-state index in [2.05, 4.69) is 34.6 Å². The number of phenolic OH excluding ortho intramolecular Hbond substituents is 1. The summed E-state index contributed by atoms with van der Waals surface area (Å²) < 4.78 is 27.3. The van der Waals surface area contributed by atoms with Crippen LogP contribution >= 0.6 is 0 Å². The van der Waals surface area contributed by atoms with Crippen molar-refractivity contribution < 1.29 is 37.7 Å². The molecule has 8 nitrogen and oxygen atoms in total. The molecule has 0 unspecified atom stereocenters. The standard InChI is InChI=1S/C34H46O8/c1-6-7-18-40-30-22-27(33(2,3)16-8-14-31(36)41-23-25-12-10-19-38-25)29(35)21-28(30)34(4,5)17-9-15-32(37)42-24-26-13-11-20-39-26/h10-13,19-22,35H,6-9,14-18,23-24H2,1-5H3. The lowest BCUT2D eigenvalue weighted by Crippen LogP contribution is -2.22. The lowest BCUT2D eigenvalue weighted by atomic mass is 9.75. The maximum Gasteiger partial charge on any atom is 0.306 e. The molecule has 0 aliphatic heterocycles. The molecule has 1 N–H and O–H groups in total. The molecule has 230 valence electrons. The molecule has 0 aliphatic rings. The summed E-state index contributed by atoms with van der Waals surface area (Å²) in [5.41, 5.74) is 0.912. The molecule has 0 fully saturated rings. The quantitative estimate of drug-likeness (QED) is 0.118. The van der Waals surface area contributed by atoms with Gasteiger partial charge in [-0.2, -0.15) is 0 Å². The van der Waals surface area contributed by atoms with E-state index in [0.29, 0.717) is 43.8 Å². The molecular formula is C34H46O8. The molecule has 0 atom stereocenters. The zero-order chi connectivity index (χ0) is 30.6. The van der Waals surface area contributed by atoms with E-state index >= 15 is 0 Å². The van der Waals surface area contributed by atoms with Crippen LogP contribution in [0.4, 0.5) is 0 Å². The third-order valence-corrected chi connectivity index (χ3v) is 7.59. The zero-order valence-electron chi connectivity index (χ0n) is 25.7. The van der Waals surface area contributed by atoms with Crippen molar-refractivity contribution in [2.75, 3.05) is 6.61 Å². The molecule has 3 rings (SSSR count). The fourth-order valence-corrected chi connectivity index (χ4v) is 4.94. The summed E-state index contributed by atoms with van der Waals surface area (Å²) in [7, 11) is 0. The Morgan fingerprint density at radius 1 is 0.786 bits per heavy atom. The molecule has 0 aliphatic carbocycles. The summed E-state index contributed by atoms with van der Waals surface area (Å²) in [6.45, 7) is 11.3. The molecule has 2 aromatic heterocycles. The number of carbonyl (C=O) groups is 2. The second kappa shape index (κ2) is 15.5. The average Bonchev–Trinajstić information content (AvgIpc) is 3.66. The Hall–Kier alpha value is -3.68. The first kappa shape index (κ1) is 32.8. The van der Waals surface area contributed by atoms with Crippen molar-refractivity contribution in [1.82, 2.24) is 0 Å². The number of aromatic hydroxyl groups is 1. The van der Waals surface area contributed by atoms with E-state index in [-0.39, 0.29) is 49.2 Å². The van der Waals surface area contributed by atoms with Crippen LogP contribution in [0.15, 0.2) is 57.8 Å². The second-order valence-electron chi connectivity index (χ2n) is 12.0. The van der Waals surface area contributed by atoms with Crippen molar-refractivity contribution in [2.45, 2.75) is 110 Å². The Labute approximate surface area is 249 Å². The van der Waals surface area contributed by atoms with Crippen LogP contribution in [0.1, 0.15) is 109 Å². The Kier molecular flexibility index (Phi) is 12.1. The van der Waals surface area contributed by atoms with Crippen molar-refractivity contribution in [3.8, 4) is 11.5 Å². The van der Waals surface area contributed by atoms with Gasteiger partial charge in [0, 0.05) is 24.0 Å². The number of hydrogen-bond acceptors (Lipinski definition) is 8. The number of phenols is 1. The third kappa shape index (κ3) is 10.00. The van der Waals surface area contributed by atoms with Gasteiger partial charge in [-0.1, -0.05) is 41.0 Å². The lowest BCUT2D eigenvalue weighted by molar-refractivity contribution is -0.146. The number of esters is 2. The molecule has 0 bridgehead atoms. The van der Waals surface area contributed by atoms with E-state index in [9.17, 15) is 14.7 Å². The van der Waals surface area contributed by atoms with Gasteiger partial charge in [0.05, 0.1) is 19.1 Å². The van der Waals surface area contributed by atoms with E-state index in [1.165, 1.54) is 0 Å². The second-order valence-corrected chi connectivity index (χ2v) is 12.0. The molecular weight excluding hydrogens is 536 g/mol. The van der Waals surface area contributed by atoms with Gasteiger partial charge in [-0.15, -0.1) is 0 Å². The molecule has 8 heteroatoms. The third-order valence-electron chi connectivity index (χ3n) is 7.59. The van der Waals surface area contributed by atoms with Crippen LogP contribution in [0.3, 0.4) is 0 Å². The molecule has 3 aromatic rings. The predicted molar refractivity (Wildman–Crippen MR) is 159 cm³/mol. The van der Waals surface area contributed by atoms with E-state index in [1.54, 1.807) is 36.8 Å². The number of hydrogen-bond donors (Lipinski definition) is 1. The highest BCUT2D eigenvalue weighted by atomic mass is 16.5.